The van der Waals surface area contributed by atoms with Crippen molar-refractivity contribution in [3.8, 4) is 0 Å². The summed E-state index contributed by atoms with van der Waals surface area (Å²) in [5, 5.41) is -0.559. The van der Waals surface area contributed by atoms with Crippen molar-refractivity contribution in [3.05, 3.63) is 29.6 Å². The molecule has 2 N–H and O–H groups in total. The molecule has 0 bridgehead atoms. The van der Waals surface area contributed by atoms with Crippen LogP contribution in [0.15, 0.2) is 18.2 Å². The lowest BCUT2D eigenvalue weighted by molar-refractivity contribution is -0.137. The number of aromatic nitrogens is 2. The summed E-state index contributed by atoms with van der Waals surface area (Å²) in [4.78, 5) is 15.1. The molecule has 0 radical (unpaired) electrons. The van der Waals surface area contributed by atoms with Gasteiger partial charge < -0.3 is 10.3 Å². The van der Waals surface area contributed by atoms with E-state index >= 15 is 0 Å². The number of nitrogens with zero attached hydrogens (tertiary/aromatic N) is 2. The first kappa shape index (κ1) is 14.6. The molecule has 4 nitrogen and oxygen atoms in total. The van der Waals surface area contributed by atoms with Crippen LogP contribution in [0.1, 0.15) is 23.7 Å². The van der Waals surface area contributed by atoms with Crippen molar-refractivity contribution in [1.82, 2.24) is 9.55 Å². The minimum Gasteiger partial charge on any atom is -0.368 e. The molecule has 0 saturated carbocycles. The van der Waals surface area contributed by atoms with Crippen LogP contribution in [0.5, 0.6) is 0 Å². The van der Waals surface area contributed by atoms with E-state index in [1.165, 1.54) is 10.6 Å². The molecule has 1 aromatic carbocycles. The molecular formula is C12H11ClF3N3O. The van der Waals surface area contributed by atoms with Gasteiger partial charge in [0.25, 0.3) is 0 Å². The Bertz CT molecular complexity index is 664. The van der Waals surface area contributed by atoms with E-state index in [4.69, 9.17) is 17.3 Å². The summed E-state index contributed by atoms with van der Waals surface area (Å²) in [5.74, 6) is -0.317. The van der Waals surface area contributed by atoms with Gasteiger partial charge in [-0.15, -0.1) is 11.6 Å². The maximum Gasteiger partial charge on any atom is 0.416 e. The van der Waals surface area contributed by atoms with Gasteiger partial charge in [-0.3, -0.25) is 4.79 Å². The van der Waals surface area contributed by atoms with Gasteiger partial charge in [0.15, 0.2) is 0 Å². The average molecular weight is 306 g/mol. The number of nitrogens with two attached hydrogens (primary N) is 1. The molecule has 0 aliphatic heterocycles. The van der Waals surface area contributed by atoms with Crippen LogP contribution in [0.4, 0.5) is 13.2 Å². The first-order valence-electron chi connectivity index (χ1n) is 5.70. The van der Waals surface area contributed by atoms with E-state index in [1.807, 2.05) is 0 Å². The minimum atomic E-state index is -4.45. The predicted octanol–water partition coefficient (Wildman–Crippen LogP) is 2.84. The lowest BCUT2D eigenvalue weighted by Crippen LogP contribution is -2.20. The van der Waals surface area contributed by atoms with Crippen molar-refractivity contribution < 1.29 is 18.0 Å². The van der Waals surface area contributed by atoms with Crippen LogP contribution < -0.4 is 5.73 Å². The molecule has 2 aromatic rings. The van der Waals surface area contributed by atoms with Gasteiger partial charge >= 0.3 is 6.18 Å². The highest BCUT2D eigenvalue weighted by Gasteiger charge is 2.31. The molecule has 1 unspecified atom stereocenters. The summed E-state index contributed by atoms with van der Waals surface area (Å²) >= 11 is 5.94. The molecule has 1 amide bonds. The van der Waals surface area contributed by atoms with Crippen molar-refractivity contribution >= 4 is 28.5 Å². The second-order valence-electron chi connectivity index (χ2n) is 4.34. The summed E-state index contributed by atoms with van der Waals surface area (Å²) in [6, 6.07) is 3.12. The van der Waals surface area contributed by atoms with Crippen molar-refractivity contribution in [1.29, 1.82) is 0 Å². The number of benzene rings is 1. The lowest BCUT2D eigenvalue weighted by Gasteiger charge is -2.08. The largest absolute Gasteiger partial charge is 0.416 e. The number of halogens is 4. The third-order valence-corrected chi connectivity index (χ3v) is 2.97. The van der Waals surface area contributed by atoms with Gasteiger partial charge in [-0.25, -0.2) is 4.98 Å². The monoisotopic (exact) mass is 305 g/mol. The van der Waals surface area contributed by atoms with Gasteiger partial charge in [0, 0.05) is 0 Å². The van der Waals surface area contributed by atoms with Gasteiger partial charge in [0.05, 0.1) is 22.0 Å². The van der Waals surface area contributed by atoms with Crippen molar-refractivity contribution in [2.45, 2.75) is 25.0 Å². The molecule has 2 rings (SSSR count). The Morgan fingerprint density at radius 2 is 2.15 bits per heavy atom. The van der Waals surface area contributed by atoms with E-state index in [1.54, 1.807) is 6.92 Å². The van der Waals surface area contributed by atoms with Crippen molar-refractivity contribution in [2.24, 2.45) is 5.73 Å². The fourth-order valence-electron chi connectivity index (χ4n) is 1.95. The van der Waals surface area contributed by atoms with E-state index in [0.29, 0.717) is 11.3 Å². The third-order valence-electron chi connectivity index (χ3n) is 2.77. The number of alkyl halides is 4. The summed E-state index contributed by atoms with van der Waals surface area (Å²) in [6.45, 7) is 1.43. The van der Waals surface area contributed by atoms with Crippen LogP contribution in [0.25, 0.3) is 11.0 Å². The SMILES string of the molecule is CC(Cl)c1nc2cc(C(F)(F)F)ccc2n1CC(N)=O. The third kappa shape index (κ3) is 2.72. The zero-order valence-corrected chi connectivity index (χ0v) is 11.2. The number of amides is 1. The van der Waals surface area contributed by atoms with Crippen molar-refractivity contribution in [3.63, 3.8) is 0 Å². The van der Waals surface area contributed by atoms with Gasteiger partial charge in [-0.05, 0) is 25.1 Å². The molecule has 8 heteroatoms. The molecule has 0 aliphatic carbocycles. The standard InChI is InChI=1S/C12H11ClF3N3O/c1-6(13)11-18-8-4-7(12(14,15)16)2-3-9(8)19(11)5-10(17)20/h2-4,6H,5H2,1H3,(H2,17,20). The number of hydrogen-bond donors (Lipinski definition) is 1. The molecule has 20 heavy (non-hydrogen) atoms. The van der Waals surface area contributed by atoms with E-state index < -0.39 is 23.0 Å². The minimum absolute atomic E-state index is 0.128. The van der Waals surface area contributed by atoms with Crippen LogP contribution in [-0.4, -0.2) is 15.5 Å². The van der Waals surface area contributed by atoms with Crippen LogP contribution >= 0.6 is 11.6 Å². The van der Waals surface area contributed by atoms with E-state index in [2.05, 4.69) is 4.98 Å². The molecule has 1 heterocycles. The number of rotatable bonds is 3. The Balaban J connectivity index is 2.64. The zero-order valence-electron chi connectivity index (χ0n) is 10.4. The van der Waals surface area contributed by atoms with Gasteiger partial charge in [-0.2, -0.15) is 13.2 Å². The van der Waals surface area contributed by atoms with Crippen molar-refractivity contribution in [2.75, 3.05) is 0 Å². The number of imidazole rings is 1. The Hall–Kier alpha value is -1.76. The quantitative estimate of drug-likeness (QED) is 0.886. The Labute approximate surface area is 117 Å². The zero-order chi connectivity index (χ0) is 15.1. The Morgan fingerprint density at radius 1 is 1.50 bits per heavy atom. The highest BCUT2D eigenvalue weighted by atomic mass is 35.5. The molecule has 0 fully saturated rings. The molecule has 1 aromatic heterocycles. The summed E-state index contributed by atoms with van der Waals surface area (Å²) in [7, 11) is 0. The Kier molecular flexibility index (Phi) is 3.64. The van der Waals surface area contributed by atoms with Crippen LogP contribution in [-0.2, 0) is 17.5 Å². The van der Waals surface area contributed by atoms with Crippen LogP contribution in [0.3, 0.4) is 0 Å². The second kappa shape index (κ2) is 4.97. The Morgan fingerprint density at radius 3 is 2.65 bits per heavy atom. The fraction of sp³-hybridized carbons (Fsp3) is 0.333. The normalized spacial score (nSPS) is 13.7. The van der Waals surface area contributed by atoms with Crippen LogP contribution in [0.2, 0.25) is 0 Å². The molecule has 1 atom stereocenters. The molecule has 0 saturated heterocycles. The number of primary amides is 1. The van der Waals surface area contributed by atoms with Gasteiger partial charge in [0.2, 0.25) is 5.91 Å². The van der Waals surface area contributed by atoms with Gasteiger partial charge in [-0.1, -0.05) is 0 Å². The first-order valence-corrected chi connectivity index (χ1v) is 6.13. The smallest absolute Gasteiger partial charge is 0.368 e. The second-order valence-corrected chi connectivity index (χ2v) is 4.99. The van der Waals surface area contributed by atoms with Crippen LogP contribution in [0, 0.1) is 0 Å². The molecule has 0 spiro atoms. The molecule has 0 aliphatic rings. The maximum absolute atomic E-state index is 12.7. The number of fused-ring (bicyclic) bond motifs is 1. The van der Waals surface area contributed by atoms with E-state index in [9.17, 15) is 18.0 Å². The maximum atomic E-state index is 12.7. The first-order chi connectivity index (χ1) is 9.20. The average Bonchev–Trinajstić information content (AvgIpc) is 2.65. The topological polar surface area (TPSA) is 60.9 Å². The fourth-order valence-corrected chi connectivity index (χ4v) is 2.12. The summed E-state index contributed by atoms with van der Waals surface area (Å²) in [6.07, 6.45) is -4.45. The number of carbonyl (C=O) groups is 1. The lowest BCUT2D eigenvalue weighted by atomic mass is 10.2. The summed E-state index contributed by atoms with van der Waals surface area (Å²) < 4.78 is 39.4. The summed E-state index contributed by atoms with van der Waals surface area (Å²) in [5.41, 5.74) is 4.85. The predicted molar refractivity (Wildman–Crippen MR) is 68.2 cm³/mol. The number of carbonyl (C=O) groups excluding carboxylic acids is 1. The highest BCUT2D eigenvalue weighted by Crippen LogP contribution is 2.32. The molecular weight excluding hydrogens is 295 g/mol. The number of hydrogen-bond acceptors (Lipinski definition) is 2. The molecule has 108 valence electrons. The highest BCUT2D eigenvalue weighted by molar-refractivity contribution is 6.20. The van der Waals surface area contributed by atoms with E-state index in [-0.39, 0.29) is 12.1 Å². The van der Waals surface area contributed by atoms with E-state index in [0.717, 1.165) is 12.1 Å². The van der Waals surface area contributed by atoms with Gasteiger partial charge in [0.1, 0.15) is 12.4 Å².